The van der Waals surface area contributed by atoms with Gasteiger partial charge in [0.2, 0.25) is 5.91 Å². The maximum absolute atomic E-state index is 12.5. The normalized spacial score (nSPS) is 13.2. The molecule has 1 amide bonds. The molecule has 1 unspecified atom stereocenters. The fraction of sp³-hybridized carbons (Fsp3) is 0.611. The van der Waals surface area contributed by atoms with Crippen LogP contribution in [0.5, 0.6) is 0 Å². The Labute approximate surface area is 147 Å². The van der Waals surface area contributed by atoms with Gasteiger partial charge in [0.25, 0.3) is 5.56 Å². The van der Waals surface area contributed by atoms with Crippen molar-refractivity contribution in [2.24, 2.45) is 12.5 Å². The number of hydrogen-bond donors (Lipinski definition) is 3. The highest BCUT2D eigenvalue weighted by molar-refractivity contribution is 5.84. The van der Waals surface area contributed by atoms with Crippen LogP contribution < -0.4 is 10.9 Å². The molecule has 0 saturated carbocycles. The van der Waals surface area contributed by atoms with Gasteiger partial charge < -0.3 is 10.4 Å². The number of H-pyrrole nitrogens is 1. The van der Waals surface area contributed by atoms with Crippen LogP contribution in [0.1, 0.15) is 44.0 Å². The Morgan fingerprint density at radius 1 is 1.36 bits per heavy atom. The van der Waals surface area contributed by atoms with Gasteiger partial charge >= 0.3 is 0 Å². The highest BCUT2D eigenvalue weighted by Gasteiger charge is 2.22. The van der Waals surface area contributed by atoms with E-state index in [0.29, 0.717) is 17.5 Å². The Hall–Kier alpha value is -2.15. The van der Waals surface area contributed by atoms with Crippen LogP contribution in [-0.2, 0) is 18.3 Å². The van der Waals surface area contributed by atoms with Gasteiger partial charge in [-0.25, -0.2) is 4.98 Å². The number of pyridine rings is 1. The number of nitrogens with zero attached hydrogens (tertiary/aromatic N) is 2. The molecule has 0 bridgehead atoms. The fourth-order valence-electron chi connectivity index (χ4n) is 3.21. The lowest BCUT2D eigenvalue weighted by Crippen LogP contribution is -2.41. The standard InChI is InChI=1S/C18H28N4O3/c1-10-13(7-14(24)20-12(9-23)8-18(3,4)5)11(2)19-16-15(10)17(25)22(6)21-16/h12,23H,7-9H2,1-6H3,(H,19,21)(H,20,24). The highest BCUT2D eigenvalue weighted by Crippen LogP contribution is 2.22. The van der Waals surface area contributed by atoms with E-state index in [0.717, 1.165) is 16.8 Å². The van der Waals surface area contributed by atoms with Crippen molar-refractivity contribution in [3.05, 3.63) is 27.2 Å². The lowest BCUT2D eigenvalue weighted by Gasteiger charge is -2.25. The van der Waals surface area contributed by atoms with Gasteiger partial charge in [-0.05, 0) is 36.8 Å². The van der Waals surface area contributed by atoms with E-state index in [1.807, 2.05) is 13.8 Å². The average Bonchev–Trinajstić information content (AvgIpc) is 2.76. The molecular formula is C18H28N4O3. The van der Waals surface area contributed by atoms with Crippen LogP contribution >= 0.6 is 0 Å². The molecule has 2 rings (SSSR count). The van der Waals surface area contributed by atoms with E-state index in [4.69, 9.17) is 0 Å². The van der Waals surface area contributed by atoms with E-state index < -0.39 is 0 Å². The quantitative estimate of drug-likeness (QED) is 0.759. The van der Waals surface area contributed by atoms with Crippen molar-refractivity contribution in [1.82, 2.24) is 20.1 Å². The lowest BCUT2D eigenvalue weighted by atomic mass is 9.88. The van der Waals surface area contributed by atoms with Crippen LogP contribution in [0.2, 0.25) is 0 Å². The molecule has 7 heteroatoms. The Bertz CT molecular complexity index is 843. The summed E-state index contributed by atoms with van der Waals surface area (Å²) < 4.78 is 1.39. The van der Waals surface area contributed by atoms with Gasteiger partial charge in [0.15, 0.2) is 5.65 Å². The zero-order valence-electron chi connectivity index (χ0n) is 15.9. The number of hydrogen-bond acceptors (Lipinski definition) is 4. The molecule has 0 aromatic carbocycles. The number of rotatable bonds is 5. The van der Waals surface area contributed by atoms with Crippen molar-refractivity contribution >= 4 is 16.9 Å². The van der Waals surface area contributed by atoms with Crippen LogP contribution in [0.3, 0.4) is 0 Å². The Morgan fingerprint density at radius 2 is 2.00 bits per heavy atom. The van der Waals surface area contributed by atoms with E-state index in [9.17, 15) is 14.7 Å². The summed E-state index contributed by atoms with van der Waals surface area (Å²) >= 11 is 0. The third-order valence-corrected chi connectivity index (χ3v) is 4.35. The smallest absolute Gasteiger partial charge is 0.276 e. The highest BCUT2D eigenvalue weighted by atomic mass is 16.3. The van der Waals surface area contributed by atoms with Crippen LogP contribution in [0, 0.1) is 19.3 Å². The Kier molecular flexibility index (Phi) is 5.37. The van der Waals surface area contributed by atoms with Gasteiger partial charge in [-0.3, -0.25) is 19.4 Å². The van der Waals surface area contributed by atoms with E-state index in [1.165, 1.54) is 4.68 Å². The molecule has 0 aliphatic rings. The molecule has 1 atom stereocenters. The van der Waals surface area contributed by atoms with Crippen LogP contribution in [-0.4, -0.2) is 38.4 Å². The van der Waals surface area contributed by atoms with E-state index in [2.05, 4.69) is 36.2 Å². The number of aromatic nitrogens is 3. The van der Waals surface area contributed by atoms with Crippen molar-refractivity contribution in [3.63, 3.8) is 0 Å². The molecule has 0 aliphatic heterocycles. The minimum Gasteiger partial charge on any atom is -0.394 e. The first kappa shape index (κ1) is 19.2. The molecule has 2 heterocycles. The molecule has 2 aromatic heterocycles. The predicted molar refractivity (Wildman–Crippen MR) is 97.6 cm³/mol. The summed E-state index contributed by atoms with van der Waals surface area (Å²) in [7, 11) is 1.64. The second kappa shape index (κ2) is 7.00. The van der Waals surface area contributed by atoms with Crippen LogP contribution in [0.4, 0.5) is 0 Å². The molecule has 0 aliphatic carbocycles. The van der Waals surface area contributed by atoms with Crippen molar-refractivity contribution in [1.29, 1.82) is 0 Å². The van der Waals surface area contributed by atoms with E-state index in [1.54, 1.807) is 7.05 Å². The van der Waals surface area contributed by atoms with Crippen LogP contribution in [0.25, 0.3) is 11.0 Å². The maximum atomic E-state index is 12.5. The van der Waals surface area contributed by atoms with Gasteiger partial charge in [0, 0.05) is 12.7 Å². The van der Waals surface area contributed by atoms with Gasteiger partial charge in [-0.1, -0.05) is 20.8 Å². The van der Waals surface area contributed by atoms with Crippen molar-refractivity contribution < 1.29 is 9.90 Å². The van der Waals surface area contributed by atoms with Gasteiger partial charge in [0.05, 0.1) is 24.5 Å². The molecule has 138 valence electrons. The molecule has 0 radical (unpaired) electrons. The Balaban J connectivity index is 2.26. The number of amides is 1. The predicted octanol–water partition coefficient (Wildman–Crippen LogP) is 1.33. The molecule has 0 fully saturated rings. The minimum atomic E-state index is -0.287. The number of aryl methyl sites for hydroxylation is 3. The largest absolute Gasteiger partial charge is 0.394 e. The summed E-state index contributed by atoms with van der Waals surface area (Å²) in [6.45, 7) is 9.77. The molecule has 0 saturated heterocycles. The summed E-state index contributed by atoms with van der Waals surface area (Å²) in [5.74, 6) is -0.178. The van der Waals surface area contributed by atoms with Crippen molar-refractivity contribution in [2.45, 2.75) is 53.5 Å². The third-order valence-electron chi connectivity index (χ3n) is 4.35. The topological polar surface area (TPSA) is 100 Å². The average molecular weight is 348 g/mol. The number of carbonyl (C=O) groups excluding carboxylic acids is 1. The van der Waals surface area contributed by atoms with Crippen molar-refractivity contribution in [3.8, 4) is 0 Å². The lowest BCUT2D eigenvalue weighted by molar-refractivity contribution is -0.121. The molecule has 2 aromatic rings. The monoisotopic (exact) mass is 348 g/mol. The first-order chi connectivity index (χ1) is 11.5. The number of nitrogens with one attached hydrogen (secondary N) is 2. The Morgan fingerprint density at radius 3 is 2.56 bits per heavy atom. The molecular weight excluding hydrogens is 320 g/mol. The third kappa shape index (κ3) is 4.28. The minimum absolute atomic E-state index is 0.00427. The molecule has 0 spiro atoms. The summed E-state index contributed by atoms with van der Waals surface area (Å²) in [4.78, 5) is 29.1. The van der Waals surface area contributed by atoms with Crippen LogP contribution in [0.15, 0.2) is 4.79 Å². The summed E-state index contributed by atoms with van der Waals surface area (Å²) in [5.41, 5.74) is 2.64. The zero-order chi connectivity index (χ0) is 18.9. The summed E-state index contributed by atoms with van der Waals surface area (Å²) in [6, 6.07) is -0.287. The van der Waals surface area contributed by atoms with Gasteiger partial charge in [-0.2, -0.15) is 0 Å². The van der Waals surface area contributed by atoms with Gasteiger partial charge in [-0.15, -0.1) is 0 Å². The molecule has 25 heavy (non-hydrogen) atoms. The second-order valence-electron chi connectivity index (χ2n) is 7.89. The summed E-state index contributed by atoms with van der Waals surface area (Å²) in [6.07, 6.45) is 0.818. The number of fused-ring (bicyclic) bond motifs is 1. The summed E-state index contributed by atoms with van der Waals surface area (Å²) in [5, 5.41) is 15.8. The number of carbonyl (C=O) groups is 1. The second-order valence-corrected chi connectivity index (χ2v) is 7.89. The molecule has 3 N–H and O–H groups in total. The molecule has 7 nitrogen and oxygen atoms in total. The van der Waals surface area contributed by atoms with Gasteiger partial charge in [0.1, 0.15) is 0 Å². The first-order valence-corrected chi connectivity index (χ1v) is 8.48. The van der Waals surface area contributed by atoms with E-state index >= 15 is 0 Å². The van der Waals surface area contributed by atoms with E-state index in [-0.39, 0.29) is 36.0 Å². The fourth-order valence-corrected chi connectivity index (χ4v) is 3.21. The number of aliphatic hydroxyl groups is 1. The maximum Gasteiger partial charge on any atom is 0.276 e. The zero-order valence-corrected chi connectivity index (χ0v) is 15.9. The first-order valence-electron chi connectivity index (χ1n) is 8.48. The SMILES string of the molecule is Cc1nc2[nH]n(C)c(=O)c2c(C)c1CC(=O)NC(CO)CC(C)(C)C. The number of aliphatic hydroxyl groups excluding tert-OH is 1. The number of aromatic amines is 1. The van der Waals surface area contributed by atoms with Crippen molar-refractivity contribution in [2.75, 3.05) is 6.61 Å².